The molecule has 6 rings (SSSR count). The fraction of sp³-hybridized carbons (Fsp3) is 0.625. The van der Waals surface area contributed by atoms with Crippen molar-refractivity contribution in [1.82, 2.24) is 20.2 Å². The van der Waals surface area contributed by atoms with Crippen molar-refractivity contribution in [1.29, 1.82) is 5.26 Å². The first-order chi connectivity index (χ1) is 20.3. The van der Waals surface area contributed by atoms with Gasteiger partial charge in [-0.3, -0.25) is 4.79 Å². The fourth-order valence-electron chi connectivity index (χ4n) is 7.39. The lowest BCUT2D eigenvalue weighted by Gasteiger charge is -2.40. The first-order valence-electron chi connectivity index (χ1n) is 15.6. The third-order valence-electron chi connectivity index (χ3n) is 9.90. The summed E-state index contributed by atoms with van der Waals surface area (Å²) in [4.78, 5) is 30.0. The Kier molecular flexibility index (Phi) is 8.27. The first-order valence-corrected chi connectivity index (χ1v) is 16.4. The van der Waals surface area contributed by atoms with Gasteiger partial charge in [-0.05, 0) is 76.4 Å². The Morgan fingerprint density at radius 2 is 2.07 bits per heavy atom. The molecular weight excluding hydrogens is 546 g/mol. The third kappa shape index (κ3) is 5.31. The van der Waals surface area contributed by atoms with Gasteiger partial charge >= 0.3 is 0 Å². The van der Waals surface area contributed by atoms with Gasteiger partial charge in [-0.2, -0.15) is 10.2 Å². The zero-order valence-electron chi connectivity index (χ0n) is 25.1. The Morgan fingerprint density at radius 3 is 2.81 bits per heavy atom. The summed E-state index contributed by atoms with van der Waals surface area (Å²) >= 11 is 1.61. The van der Waals surface area contributed by atoms with Crippen LogP contribution < -0.4 is 20.7 Å². The van der Waals surface area contributed by atoms with Crippen LogP contribution in [0.1, 0.15) is 80.6 Å². The van der Waals surface area contributed by atoms with Crippen LogP contribution in [-0.2, 0) is 16.6 Å². The van der Waals surface area contributed by atoms with E-state index in [0.717, 1.165) is 76.1 Å². The number of carbonyl (C=O) groups is 1. The zero-order chi connectivity index (χ0) is 29.4. The van der Waals surface area contributed by atoms with Crippen molar-refractivity contribution >= 4 is 28.6 Å². The zero-order valence-corrected chi connectivity index (χ0v) is 25.9. The summed E-state index contributed by atoms with van der Waals surface area (Å²) in [6.45, 7) is 8.61. The van der Waals surface area contributed by atoms with Gasteiger partial charge in [-0.15, -0.1) is 11.3 Å². The van der Waals surface area contributed by atoms with Crippen molar-refractivity contribution in [2.24, 2.45) is 11.7 Å². The van der Waals surface area contributed by atoms with Crippen LogP contribution in [-0.4, -0.2) is 72.6 Å². The highest BCUT2D eigenvalue weighted by atomic mass is 32.1. The van der Waals surface area contributed by atoms with Gasteiger partial charge in [0, 0.05) is 53.6 Å². The lowest BCUT2D eigenvalue weighted by molar-refractivity contribution is -0.122. The molecule has 2 aromatic rings. The number of ketones is 1. The summed E-state index contributed by atoms with van der Waals surface area (Å²) in [7, 11) is 2.14. The number of piperazine rings is 1. The monoisotopic (exact) mass is 589 g/mol. The second-order valence-corrected chi connectivity index (χ2v) is 13.8. The number of nitrogens with zero attached hydrogens (tertiary/aromatic N) is 5. The number of carbonyl (C=O) groups excluding carboxylic acids is 1. The van der Waals surface area contributed by atoms with E-state index in [4.69, 9.17) is 20.4 Å². The van der Waals surface area contributed by atoms with E-state index in [9.17, 15) is 10.1 Å². The topological polar surface area (TPSA) is 120 Å². The highest BCUT2D eigenvalue weighted by molar-refractivity contribution is 7.10. The van der Waals surface area contributed by atoms with Crippen molar-refractivity contribution in [2.45, 2.75) is 82.7 Å². The minimum atomic E-state index is -0.677. The van der Waals surface area contributed by atoms with Crippen molar-refractivity contribution in [3.63, 3.8) is 0 Å². The number of Topliss-reactive ketones (excluding diaryl/α,β-unsaturated/α-hetero) is 1. The van der Waals surface area contributed by atoms with Gasteiger partial charge < -0.3 is 25.6 Å². The second-order valence-electron chi connectivity index (χ2n) is 12.8. The van der Waals surface area contributed by atoms with E-state index in [1.54, 1.807) is 11.3 Å². The lowest BCUT2D eigenvalue weighted by atomic mass is 9.61. The number of likely N-dealkylation sites (N-methyl/N-ethyl adjacent to an activating group) is 1. The van der Waals surface area contributed by atoms with Crippen molar-refractivity contribution < 1.29 is 9.53 Å². The minimum Gasteiger partial charge on any atom is -0.476 e. The lowest BCUT2D eigenvalue weighted by Crippen LogP contribution is -2.53. The molecule has 42 heavy (non-hydrogen) atoms. The number of nitrogens with two attached hydrogens (primary N) is 1. The Balaban J connectivity index is 1.37. The predicted molar refractivity (Wildman–Crippen MR) is 166 cm³/mol. The molecule has 1 spiro atoms. The van der Waals surface area contributed by atoms with Crippen LogP contribution >= 0.6 is 11.3 Å². The number of aromatic nitrogens is 2. The van der Waals surface area contributed by atoms with Crippen LogP contribution in [0.5, 0.6) is 5.88 Å². The number of hydrogen-bond donors (Lipinski definition) is 2. The van der Waals surface area contributed by atoms with E-state index in [-0.39, 0.29) is 5.78 Å². The summed E-state index contributed by atoms with van der Waals surface area (Å²) < 4.78 is 6.31. The van der Waals surface area contributed by atoms with Gasteiger partial charge in [-0.1, -0.05) is 13.8 Å². The van der Waals surface area contributed by atoms with E-state index < -0.39 is 5.41 Å². The predicted octanol–water partition coefficient (Wildman–Crippen LogP) is 4.01. The molecule has 2 aromatic heterocycles. The van der Waals surface area contributed by atoms with Gasteiger partial charge in [0.15, 0.2) is 11.6 Å². The number of nitriles is 1. The van der Waals surface area contributed by atoms with E-state index >= 15 is 0 Å². The molecular formula is C32H43N7O2S. The van der Waals surface area contributed by atoms with Gasteiger partial charge in [-0.25, -0.2) is 4.98 Å². The van der Waals surface area contributed by atoms with Crippen LogP contribution in [0, 0.1) is 17.2 Å². The molecule has 1 saturated carbocycles. The number of hydrogen-bond acceptors (Lipinski definition) is 10. The smallest absolute Gasteiger partial charge is 0.219 e. The molecule has 0 unspecified atom stereocenters. The van der Waals surface area contributed by atoms with Crippen LogP contribution in [0.2, 0.25) is 0 Å². The molecule has 4 aliphatic rings. The fourth-order valence-corrected chi connectivity index (χ4v) is 8.51. The molecule has 0 bridgehead atoms. The normalized spacial score (nSPS) is 27.8. The summed E-state index contributed by atoms with van der Waals surface area (Å²) in [6.07, 6.45) is 7.08. The van der Waals surface area contributed by atoms with Crippen molar-refractivity contribution in [3.8, 4) is 11.9 Å². The van der Waals surface area contributed by atoms with Crippen molar-refractivity contribution in [3.05, 3.63) is 38.8 Å². The molecule has 10 heteroatoms. The van der Waals surface area contributed by atoms with E-state index in [1.165, 1.54) is 11.3 Å². The Bertz CT molecular complexity index is 1410. The van der Waals surface area contributed by atoms with Crippen LogP contribution in [0.15, 0.2) is 17.0 Å². The Hall–Kier alpha value is -3.00. The first kappa shape index (κ1) is 29.1. The number of fused-ring (bicyclic) bond motifs is 2. The molecule has 224 valence electrons. The molecule has 3 N–H and O–H groups in total. The molecule has 3 fully saturated rings. The van der Waals surface area contributed by atoms with Crippen LogP contribution in [0.4, 0.5) is 5.82 Å². The minimum absolute atomic E-state index is 0.0493. The van der Waals surface area contributed by atoms with E-state index in [2.05, 4.69) is 42.1 Å². The highest BCUT2D eigenvalue weighted by Gasteiger charge is 2.49. The Morgan fingerprint density at radius 1 is 1.26 bits per heavy atom. The maximum absolute atomic E-state index is 14.4. The van der Waals surface area contributed by atoms with Gasteiger partial charge in [0.1, 0.15) is 18.5 Å². The number of thiophene rings is 1. The number of likely N-dealkylation sites (tertiary alicyclic amines) is 1. The number of anilines is 1. The quantitative estimate of drug-likeness (QED) is 0.482. The summed E-state index contributed by atoms with van der Waals surface area (Å²) in [5.74, 6) is 2.19. The SMILES string of the molecule is CC(C)[C@@H]1CN(c2cc(OC[C@@H]3CCCN3C)nc(/C(N)=C3\CCC[C@@]4(CCCc5scc(C#N)c54)C3=O)n2)CCN1. The standard InChI is InChI=1S/C32H43N7O2S/c1-20(2)24-17-39(14-12-35-24)26-15-27(41-18-22-7-6-13-38(22)3)37-31(36-26)29(34)23-8-4-10-32(30(23)40)11-5-9-25-28(32)21(16-33)19-42-25/h15,19-20,22,24,35H,4-14,17-18,34H2,1-3H3/b29-23-/t22-,24-,32-/m0/s1. The maximum Gasteiger partial charge on any atom is 0.219 e. The molecule has 2 aliphatic heterocycles. The molecule has 2 saturated heterocycles. The average Bonchev–Trinajstić information content (AvgIpc) is 3.63. The summed E-state index contributed by atoms with van der Waals surface area (Å²) in [5.41, 5.74) is 8.75. The number of nitrogens with one attached hydrogen (secondary N) is 1. The number of aryl methyl sites for hydroxylation is 1. The number of rotatable bonds is 6. The molecule has 0 aromatic carbocycles. The van der Waals surface area contributed by atoms with Crippen LogP contribution in [0.25, 0.3) is 5.70 Å². The number of allylic oxidation sites excluding steroid dienone is 1. The average molecular weight is 590 g/mol. The Labute approximate surface area is 253 Å². The van der Waals surface area contributed by atoms with Gasteiger partial charge in [0.2, 0.25) is 5.88 Å². The second kappa shape index (κ2) is 11.9. The van der Waals surface area contributed by atoms with Crippen molar-refractivity contribution in [2.75, 3.05) is 44.7 Å². The molecule has 2 aliphatic carbocycles. The molecule has 0 radical (unpaired) electrons. The molecule has 9 nitrogen and oxygen atoms in total. The number of ether oxygens (including phenoxy) is 1. The van der Waals surface area contributed by atoms with E-state index in [1.807, 2.05) is 11.4 Å². The maximum atomic E-state index is 14.4. The van der Waals surface area contributed by atoms with Gasteiger partial charge in [0.05, 0.1) is 16.7 Å². The largest absolute Gasteiger partial charge is 0.476 e. The molecule has 4 heterocycles. The van der Waals surface area contributed by atoms with Crippen LogP contribution in [0.3, 0.4) is 0 Å². The molecule has 3 atom stereocenters. The van der Waals surface area contributed by atoms with Gasteiger partial charge in [0.25, 0.3) is 0 Å². The molecule has 0 amide bonds. The third-order valence-corrected chi connectivity index (χ3v) is 10.9. The highest BCUT2D eigenvalue weighted by Crippen LogP contribution is 2.50. The summed E-state index contributed by atoms with van der Waals surface area (Å²) in [6, 6.07) is 5.00. The van der Waals surface area contributed by atoms with E-state index in [0.29, 0.717) is 59.6 Å². The summed E-state index contributed by atoms with van der Waals surface area (Å²) in [5, 5.41) is 15.4.